The van der Waals surface area contributed by atoms with Gasteiger partial charge in [0.15, 0.2) is 0 Å². The van der Waals surface area contributed by atoms with E-state index < -0.39 is 5.82 Å². The van der Waals surface area contributed by atoms with Crippen molar-refractivity contribution in [3.8, 4) is 0 Å². The average Bonchev–Trinajstić information content (AvgIpc) is 2.93. The van der Waals surface area contributed by atoms with Crippen LogP contribution in [-0.4, -0.2) is 47.0 Å². The van der Waals surface area contributed by atoms with Gasteiger partial charge in [0, 0.05) is 36.3 Å². The zero-order valence-corrected chi connectivity index (χ0v) is 16.6. The van der Waals surface area contributed by atoms with Gasteiger partial charge in [-0.2, -0.15) is 0 Å². The average molecular weight is 407 g/mol. The van der Waals surface area contributed by atoms with Gasteiger partial charge in [0.1, 0.15) is 11.2 Å². The van der Waals surface area contributed by atoms with Crippen LogP contribution in [0.1, 0.15) is 28.2 Å². The maximum atomic E-state index is 13.4. The summed E-state index contributed by atoms with van der Waals surface area (Å²) in [5.41, 5.74) is 1.18. The molecule has 2 aromatic rings. The van der Waals surface area contributed by atoms with Gasteiger partial charge < -0.3 is 9.80 Å². The molecule has 0 aliphatic carbocycles. The summed E-state index contributed by atoms with van der Waals surface area (Å²) in [5, 5.41) is 0.264. The standard InChI is InChI=1S/C20H20ClFN2O2S/c1-13-18(25)24(20(27-13)16-8-3-4-9-17(16)21)11-10-23(2)19(26)14-6-5-7-15(22)12-14/h3-9,12-13,20H,10-11H2,1-2H3/t13-,20-/m1/s1. The van der Waals surface area contributed by atoms with Crippen LogP contribution in [0, 0.1) is 5.82 Å². The molecule has 2 amide bonds. The van der Waals surface area contributed by atoms with Crippen LogP contribution in [-0.2, 0) is 4.79 Å². The number of nitrogens with zero attached hydrogens (tertiary/aromatic N) is 2. The Morgan fingerprint density at radius 2 is 2.00 bits per heavy atom. The molecule has 142 valence electrons. The van der Waals surface area contributed by atoms with Crippen LogP contribution >= 0.6 is 23.4 Å². The van der Waals surface area contributed by atoms with E-state index in [2.05, 4.69) is 0 Å². The van der Waals surface area contributed by atoms with Crippen LogP contribution in [0.2, 0.25) is 5.02 Å². The molecule has 1 fully saturated rings. The smallest absolute Gasteiger partial charge is 0.253 e. The Balaban J connectivity index is 1.72. The minimum Gasteiger partial charge on any atom is -0.340 e. The second-order valence-electron chi connectivity index (χ2n) is 6.42. The molecule has 2 aromatic carbocycles. The van der Waals surface area contributed by atoms with Crippen LogP contribution < -0.4 is 0 Å². The van der Waals surface area contributed by atoms with Crippen molar-refractivity contribution >= 4 is 35.2 Å². The topological polar surface area (TPSA) is 40.6 Å². The summed E-state index contributed by atoms with van der Waals surface area (Å²) in [6.07, 6.45) is 0. The van der Waals surface area contributed by atoms with Crippen molar-refractivity contribution in [2.75, 3.05) is 20.1 Å². The Kier molecular flexibility index (Phi) is 6.07. The van der Waals surface area contributed by atoms with Gasteiger partial charge in [-0.05, 0) is 31.2 Å². The Hall–Kier alpha value is -2.05. The Morgan fingerprint density at radius 3 is 2.70 bits per heavy atom. The predicted octanol–water partition coefficient (Wildman–Crippen LogP) is 4.21. The van der Waals surface area contributed by atoms with E-state index in [0.29, 0.717) is 18.1 Å². The monoisotopic (exact) mass is 406 g/mol. The fourth-order valence-corrected chi connectivity index (χ4v) is 4.67. The molecule has 0 bridgehead atoms. The summed E-state index contributed by atoms with van der Waals surface area (Å²) in [7, 11) is 1.65. The quantitative estimate of drug-likeness (QED) is 0.746. The second-order valence-corrected chi connectivity index (χ2v) is 8.25. The first kappa shape index (κ1) is 19.7. The summed E-state index contributed by atoms with van der Waals surface area (Å²) < 4.78 is 13.4. The van der Waals surface area contributed by atoms with E-state index in [1.165, 1.54) is 23.1 Å². The normalized spacial score (nSPS) is 19.4. The number of rotatable bonds is 5. The molecule has 7 heteroatoms. The van der Waals surface area contributed by atoms with Crippen molar-refractivity contribution < 1.29 is 14.0 Å². The van der Waals surface area contributed by atoms with Gasteiger partial charge in [0.05, 0.1) is 5.25 Å². The summed E-state index contributed by atoms with van der Waals surface area (Å²) >= 11 is 7.87. The summed E-state index contributed by atoms with van der Waals surface area (Å²) in [5.74, 6) is -0.708. The molecule has 4 nitrogen and oxygen atoms in total. The molecule has 3 rings (SSSR count). The third-order valence-corrected chi connectivity index (χ3v) is 6.23. The Labute approximate surface area is 167 Å². The molecule has 2 atom stereocenters. The zero-order chi connectivity index (χ0) is 19.6. The number of hydrogen-bond acceptors (Lipinski definition) is 3. The van der Waals surface area contributed by atoms with E-state index in [1.54, 1.807) is 29.8 Å². The van der Waals surface area contributed by atoms with E-state index >= 15 is 0 Å². The van der Waals surface area contributed by atoms with E-state index in [9.17, 15) is 14.0 Å². The summed E-state index contributed by atoms with van der Waals surface area (Å²) in [4.78, 5) is 28.3. The first-order valence-electron chi connectivity index (χ1n) is 8.60. The molecule has 0 aromatic heterocycles. The van der Waals surface area contributed by atoms with Gasteiger partial charge in [0.25, 0.3) is 5.91 Å². The lowest BCUT2D eigenvalue weighted by Crippen LogP contribution is -2.39. The SMILES string of the molecule is C[C@H]1S[C@H](c2ccccc2Cl)N(CCN(C)C(=O)c2cccc(F)c2)C1=O. The number of thioether (sulfide) groups is 1. The molecule has 0 spiro atoms. The highest BCUT2D eigenvalue weighted by Crippen LogP contribution is 2.44. The van der Waals surface area contributed by atoms with Gasteiger partial charge in [0.2, 0.25) is 5.91 Å². The Morgan fingerprint density at radius 1 is 1.26 bits per heavy atom. The molecular formula is C20H20ClFN2O2S. The first-order chi connectivity index (χ1) is 12.9. The number of halogens is 2. The van der Waals surface area contributed by atoms with Crippen molar-refractivity contribution in [3.63, 3.8) is 0 Å². The molecule has 1 saturated heterocycles. The number of carbonyl (C=O) groups excluding carboxylic acids is 2. The lowest BCUT2D eigenvalue weighted by atomic mass is 10.2. The van der Waals surface area contributed by atoms with Gasteiger partial charge in [-0.25, -0.2) is 4.39 Å². The van der Waals surface area contributed by atoms with Gasteiger partial charge in [-0.15, -0.1) is 11.8 Å². The molecule has 0 N–H and O–H groups in total. The Bertz CT molecular complexity index is 863. The molecule has 0 saturated carbocycles. The number of carbonyl (C=O) groups is 2. The molecular weight excluding hydrogens is 387 g/mol. The number of hydrogen-bond donors (Lipinski definition) is 0. The first-order valence-corrected chi connectivity index (χ1v) is 9.92. The van der Waals surface area contributed by atoms with Crippen molar-refractivity contribution in [2.45, 2.75) is 17.5 Å². The maximum absolute atomic E-state index is 13.4. The highest BCUT2D eigenvalue weighted by atomic mass is 35.5. The fraction of sp³-hybridized carbons (Fsp3) is 0.300. The second kappa shape index (κ2) is 8.31. The summed E-state index contributed by atoms with van der Waals surface area (Å²) in [6.45, 7) is 2.59. The van der Waals surface area contributed by atoms with Crippen LogP contribution in [0.3, 0.4) is 0 Å². The third kappa shape index (κ3) is 4.28. The van der Waals surface area contributed by atoms with E-state index in [1.807, 2.05) is 31.2 Å². The summed E-state index contributed by atoms with van der Waals surface area (Å²) in [6, 6.07) is 13.1. The third-order valence-electron chi connectivity index (χ3n) is 4.51. The zero-order valence-electron chi connectivity index (χ0n) is 15.1. The van der Waals surface area contributed by atoms with Crippen molar-refractivity contribution in [1.82, 2.24) is 9.80 Å². The number of benzene rings is 2. The van der Waals surface area contributed by atoms with Crippen molar-refractivity contribution in [3.05, 3.63) is 70.5 Å². The lowest BCUT2D eigenvalue weighted by Gasteiger charge is -2.27. The molecule has 1 aliphatic rings. The van der Waals surface area contributed by atoms with E-state index in [-0.39, 0.29) is 28.0 Å². The highest BCUT2D eigenvalue weighted by molar-refractivity contribution is 8.01. The fourth-order valence-electron chi connectivity index (χ4n) is 3.02. The largest absolute Gasteiger partial charge is 0.340 e. The lowest BCUT2D eigenvalue weighted by molar-refractivity contribution is -0.129. The minimum absolute atomic E-state index is 0.0246. The van der Waals surface area contributed by atoms with Gasteiger partial charge >= 0.3 is 0 Å². The highest BCUT2D eigenvalue weighted by Gasteiger charge is 2.39. The molecule has 1 heterocycles. The van der Waals surface area contributed by atoms with Crippen molar-refractivity contribution in [2.24, 2.45) is 0 Å². The maximum Gasteiger partial charge on any atom is 0.253 e. The minimum atomic E-state index is -0.451. The van der Waals surface area contributed by atoms with E-state index in [4.69, 9.17) is 11.6 Å². The van der Waals surface area contributed by atoms with Crippen LogP contribution in [0.4, 0.5) is 4.39 Å². The molecule has 27 heavy (non-hydrogen) atoms. The number of likely N-dealkylation sites (N-methyl/N-ethyl adjacent to an activating group) is 1. The van der Waals surface area contributed by atoms with Crippen LogP contribution in [0.15, 0.2) is 48.5 Å². The van der Waals surface area contributed by atoms with E-state index in [0.717, 1.165) is 5.56 Å². The van der Waals surface area contributed by atoms with Crippen molar-refractivity contribution in [1.29, 1.82) is 0 Å². The van der Waals surface area contributed by atoms with Gasteiger partial charge in [-0.1, -0.05) is 35.9 Å². The predicted molar refractivity (Wildman–Crippen MR) is 106 cm³/mol. The molecule has 1 aliphatic heterocycles. The number of amides is 2. The van der Waals surface area contributed by atoms with Crippen LogP contribution in [0.5, 0.6) is 0 Å². The molecule has 0 unspecified atom stereocenters. The molecule has 0 radical (unpaired) electrons. The van der Waals surface area contributed by atoms with Crippen LogP contribution in [0.25, 0.3) is 0 Å². The van der Waals surface area contributed by atoms with Gasteiger partial charge in [-0.3, -0.25) is 9.59 Å².